The standard InChI is InChI=1S/C20H21FN2O4/c1-12(16-10-15(25-2)7-8-18(16)26-3)22-20(24)19-11-17(23-27-19)13-5-4-6-14(21)9-13/h4-10,12,19H,11H2,1-3H3,(H,22,24). The van der Waals surface area contributed by atoms with E-state index in [1.807, 2.05) is 13.0 Å². The molecule has 0 radical (unpaired) electrons. The molecular formula is C20H21FN2O4. The van der Waals surface area contributed by atoms with Crippen LogP contribution in [-0.2, 0) is 9.63 Å². The molecule has 6 nitrogen and oxygen atoms in total. The van der Waals surface area contributed by atoms with Crippen molar-refractivity contribution in [2.24, 2.45) is 5.16 Å². The second-order valence-electron chi connectivity index (χ2n) is 6.18. The van der Waals surface area contributed by atoms with Crippen molar-refractivity contribution in [3.05, 3.63) is 59.4 Å². The summed E-state index contributed by atoms with van der Waals surface area (Å²) in [6.07, 6.45) is -0.487. The zero-order valence-corrected chi connectivity index (χ0v) is 15.4. The van der Waals surface area contributed by atoms with Gasteiger partial charge in [0, 0.05) is 17.5 Å². The van der Waals surface area contributed by atoms with Crippen molar-refractivity contribution in [2.75, 3.05) is 14.2 Å². The predicted octanol–water partition coefficient (Wildman–Crippen LogP) is 3.21. The molecule has 2 atom stereocenters. The normalized spacial score (nSPS) is 16.9. The van der Waals surface area contributed by atoms with Crippen molar-refractivity contribution < 1.29 is 23.5 Å². The molecule has 0 saturated heterocycles. The van der Waals surface area contributed by atoms with Gasteiger partial charge in [-0.25, -0.2) is 4.39 Å². The minimum atomic E-state index is -0.762. The molecule has 3 rings (SSSR count). The van der Waals surface area contributed by atoms with Gasteiger partial charge >= 0.3 is 0 Å². The van der Waals surface area contributed by atoms with Crippen LogP contribution in [0.2, 0.25) is 0 Å². The highest BCUT2D eigenvalue weighted by Gasteiger charge is 2.30. The topological polar surface area (TPSA) is 69.2 Å². The summed E-state index contributed by atoms with van der Waals surface area (Å²) in [5.41, 5.74) is 1.93. The molecule has 0 aliphatic carbocycles. The second-order valence-corrected chi connectivity index (χ2v) is 6.18. The molecule has 2 aromatic rings. The van der Waals surface area contributed by atoms with Gasteiger partial charge in [0.1, 0.15) is 17.3 Å². The van der Waals surface area contributed by atoms with Crippen molar-refractivity contribution in [2.45, 2.75) is 25.5 Å². The third kappa shape index (κ3) is 4.19. The summed E-state index contributed by atoms with van der Waals surface area (Å²) in [6.45, 7) is 1.85. The Hall–Kier alpha value is -3.09. The van der Waals surface area contributed by atoms with E-state index >= 15 is 0 Å². The third-order valence-corrected chi connectivity index (χ3v) is 4.38. The highest BCUT2D eigenvalue weighted by molar-refractivity contribution is 6.04. The van der Waals surface area contributed by atoms with Crippen molar-refractivity contribution >= 4 is 11.6 Å². The number of carbonyl (C=O) groups is 1. The Kier molecular flexibility index (Phi) is 5.59. The van der Waals surface area contributed by atoms with Crippen LogP contribution < -0.4 is 14.8 Å². The molecule has 0 aromatic heterocycles. The minimum absolute atomic E-state index is 0.275. The summed E-state index contributed by atoms with van der Waals surface area (Å²) in [7, 11) is 3.14. The molecule has 1 aliphatic rings. The van der Waals surface area contributed by atoms with Gasteiger partial charge in [-0.15, -0.1) is 0 Å². The Morgan fingerprint density at radius 1 is 1.26 bits per heavy atom. The summed E-state index contributed by atoms with van der Waals surface area (Å²) in [6, 6.07) is 11.1. The Balaban J connectivity index is 1.66. The van der Waals surface area contributed by atoms with E-state index < -0.39 is 6.10 Å². The lowest BCUT2D eigenvalue weighted by Crippen LogP contribution is -2.36. The zero-order valence-electron chi connectivity index (χ0n) is 15.4. The Morgan fingerprint density at radius 3 is 2.78 bits per heavy atom. The Labute approximate surface area is 156 Å². The number of ether oxygens (including phenoxy) is 2. The second kappa shape index (κ2) is 8.07. The number of nitrogens with zero attached hydrogens (tertiary/aromatic N) is 1. The van der Waals surface area contributed by atoms with Crippen molar-refractivity contribution in [1.29, 1.82) is 0 Å². The number of rotatable bonds is 6. The quantitative estimate of drug-likeness (QED) is 0.845. The molecule has 1 N–H and O–H groups in total. The predicted molar refractivity (Wildman–Crippen MR) is 98.5 cm³/mol. The SMILES string of the molecule is COc1ccc(OC)c(C(C)NC(=O)C2CC(c3cccc(F)c3)=NO2)c1. The number of oxime groups is 1. The average molecular weight is 372 g/mol. The van der Waals surface area contributed by atoms with E-state index in [9.17, 15) is 9.18 Å². The summed E-state index contributed by atoms with van der Waals surface area (Å²) >= 11 is 0. The first-order chi connectivity index (χ1) is 13.0. The van der Waals surface area contributed by atoms with Crippen molar-refractivity contribution in [3.63, 3.8) is 0 Å². The molecule has 0 fully saturated rings. The van der Waals surface area contributed by atoms with Crippen LogP contribution in [0.1, 0.15) is 30.5 Å². The van der Waals surface area contributed by atoms with E-state index in [1.165, 1.54) is 12.1 Å². The van der Waals surface area contributed by atoms with Gasteiger partial charge in [-0.1, -0.05) is 17.3 Å². The van der Waals surface area contributed by atoms with Gasteiger partial charge in [-0.05, 0) is 37.3 Å². The molecule has 7 heteroatoms. The van der Waals surface area contributed by atoms with Gasteiger partial charge in [-0.2, -0.15) is 0 Å². The number of benzene rings is 2. The fourth-order valence-electron chi connectivity index (χ4n) is 2.92. The third-order valence-electron chi connectivity index (χ3n) is 4.38. The molecule has 2 aromatic carbocycles. The van der Waals surface area contributed by atoms with Crippen LogP contribution in [-0.4, -0.2) is 31.9 Å². The maximum atomic E-state index is 13.4. The molecule has 1 amide bonds. The molecule has 0 spiro atoms. The lowest BCUT2D eigenvalue weighted by Gasteiger charge is -2.19. The van der Waals surface area contributed by atoms with Gasteiger partial charge in [-0.3, -0.25) is 4.79 Å². The molecule has 1 heterocycles. The number of nitrogens with one attached hydrogen (secondary N) is 1. The first-order valence-corrected chi connectivity index (χ1v) is 8.52. The zero-order chi connectivity index (χ0) is 19.4. The average Bonchev–Trinajstić information content (AvgIpc) is 3.17. The van der Waals surface area contributed by atoms with Crippen LogP contribution in [0, 0.1) is 5.82 Å². The molecule has 1 aliphatic heterocycles. The van der Waals surface area contributed by atoms with E-state index in [1.54, 1.807) is 38.5 Å². The fourth-order valence-corrected chi connectivity index (χ4v) is 2.92. The largest absolute Gasteiger partial charge is 0.497 e. The van der Waals surface area contributed by atoms with Crippen LogP contribution in [0.15, 0.2) is 47.6 Å². The first-order valence-electron chi connectivity index (χ1n) is 8.52. The van der Waals surface area contributed by atoms with Crippen molar-refractivity contribution in [1.82, 2.24) is 5.32 Å². The fraction of sp³-hybridized carbons (Fsp3) is 0.300. The van der Waals surface area contributed by atoms with E-state index in [-0.39, 0.29) is 24.2 Å². The van der Waals surface area contributed by atoms with Crippen LogP contribution in [0.25, 0.3) is 0 Å². The molecule has 0 bridgehead atoms. The first kappa shape index (κ1) is 18.7. The summed E-state index contributed by atoms with van der Waals surface area (Å²) in [4.78, 5) is 17.8. The van der Waals surface area contributed by atoms with E-state index in [4.69, 9.17) is 14.3 Å². The van der Waals surface area contributed by atoms with Crippen LogP contribution in [0.4, 0.5) is 4.39 Å². The van der Waals surface area contributed by atoms with Gasteiger partial charge in [0.05, 0.1) is 26.0 Å². The van der Waals surface area contributed by atoms with E-state index in [2.05, 4.69) is 10.5 Å². The summed E-state index contributed by atoms with van der Waals surface area (Å²) < 4.78 is 24.0. The van der Waals surface area contributed by atoms with Gasteiger partial charge in [0.25, 0.3) is 5.91 Å². The highest BCUT2D eigenvalue weighted by atomic mass is 19.1. The van der Waals surface area contributed by atoms with Crippen molar-refractivity contribution in [3.8, 4) is 11.5 Å². The van der Waals surface area contributed by atoms with E-state index in [0.717, 1.165) is 5.56 Å². The van der Waals surface area contributed by atoms with Gasteiger partial charge < -0.3 is 19.6 Å². The van der Waals surface area contributed by atoms with Crippen LogP contribution in [0.3, 0.4) is 0 Å². The Morgan fingerprint density at radius 2 is 2.07 bits per heavy atom. The molecular weight excluding hydrogens is 351 g/mol. The van der Waals surface area contributed by atoms with Crippen LogP contribution in [0.5, 0.6) is 11.5 Å². The maximum absolute atomic E-state index is 13.4. The number of halogens is 1. The monoisotopic (exact) mass is 372 g/mol. The van der Waals surface area contributed by atoms with E-state index in [0.29, 0.717) is 22.8 Å². The van der Waals surface area contributed by atoms with Gasteiger partial charge in [0.15, 0.2) is 0 Å². The number of hydrogen-bond donors (Lipinski definition) is 1. The number of hydrogen-bond acceptors (Lipinski definition) is 5. The molecule has 2 unspecified atom stereocenters. The number of amides is 1. The lowest BCUT2D eigenvalue weighted by atomic mass is 10.0. The number of carbonyl (C=O) groups excluding carboxylic acids is 1. The summed E-state index contributed by atoms with van der Waals surface area (Å²) in [5, 5.41) is 6.84. The summed E-state index contributed by atoms with van der Waals surface area (Å²) in [5.74, 6) is 0.651. The number of methoxy groups -OCH3 is 2. The molecule has 142 valence electrons. The van der Waals surface area contributed by atoms with Crippen LogP contribution >= 0.6 is 0 Å². The lowest BCUT2D eigenvalue weighted by molar-refractivity contribution is -0.131. The minimum Gasteiger partial charge on any atom is -0.497 e. The van der Waals surface area contributed by atoms with Gasteiger partial charge in [0.2, 0.25) is 6.10 Å². The maximum Gasteiger partial charge on any atom is 0.264 e. The molecule has 0 saturated carbocycles. The molecule has 27 heavy (non-hydrogen) atoms. The Bertz CT molecular complexity index is 869. The smallest absolute Gasteiger partial charge is 0.264 e. The highest BCUT2D eigenvalue weighted by Crippen LogP contribution is 2.29.